The lowest BCUT2D eigenvalue weighted by Crippen LogP contribution is -2.55. The molecule has 3 amide bonds. The predicted molar refractivity (Wildman–Crippen MR) is 94.2 cm³/mol. The molecule has 2 aliphatic heterocycles. The molecule has 1 aromatic carbocycles. The van der Waals surface area contributed by atoms with E-state index in [4.69, 9.17) is 0 Å². The Morgan fingerprint density at radius 3 is 2.54 bits per heavy atom. The van der Waals surface area contributed by atoms with E-state index in [1.165, 1.54) is 5.56 Å². The molecule has 2 heterocycles. The van der Waals surface area contributed by atoms with Crippen LogP contribution in [0, 0.1) is 0 Å². The molecule has 1 saturated heterocycles. The number of rotatable bonds is 3. The summed E-state index contributed by atoms with van der Waals surface area (Å²) in [7, 11) is 0. The number of hydrogen-bond donors (Lipinski definition) is 1. The summed E-state index contributed by atoms with van der Waals surface area (Å²) in [6.45, 7) is 8.82. The fraction of sp³-hybridized carbons (Fsp3) is 0.556. The fourth-order valence-electron chi connectivity index (χ4n) is 3.41. The Kier molecular flexibility index (Phi) is 5.04. The first-order valence-corrected chi connectivity index (χ1v) is 8.77. The summed E-state index contributed by atoms with van der Waals surface area (Å²) in [5, 5.41) is 2.87. The summed E-state index contributed by atoms with van der Waals surface area (Å²) in [5.74, 6) is -0.0412. The maximum atomic E-state index is 12.7. The lowest BCUT2D eigenvalue weighted by Gasteiger charge is -2.34. The van der Waals surface area contributed by atoms with Crippen LogP contribution in [0.3, 0.4) is 0 Å². The minimum Gasteiger partial charge on any atom is -0.326 e. The summed E-state index contributed by atoms with van der Waals surface area (Å²) in [4.78, 5) is 31.0. The second-order valence-corrected chi connectivity index (χ2v) is 6.46. The molecule has 24 heavy (non-hydrogen) atoms. The van der Waals surface area contributed by atoms with Crippen molar-refractivity contribution in [2.75, 3.05) is 44.2 Å². The van der Waals surface area contributed by atoms with E-state index in [1.807, 2.05) is 18.2 Å². The van der Waals surface area contributed by atoms with Gasteiger partial charge in [0.1, 0.15) is 6.04 Å². The van der Waals surface area contributed by atoms with Crippen molar-refractivity contribution in [3.63, 3.8) is 0 Å². The van der Waals surface area contributed by atoms with Crippen LogP contribution in [0.2, 0.25) is 0 Å². The molecule has 1 fully saturated rings. The standard InChI is InChI=1S/C18H26N4O2/c1-3-20-10-12-21(13-11-20)18(24)19-14(2)17(23)22-9-8-15-6-4-5-7-16(15)22/h4-7,14H,3,8-13H2,1-2H3,(H,19,24). The molecular weight excluding hydrogens is 304 g/mol. The van der Waals surface area contributed by atoms with Crippen molar-refractivity contribution in [3.05, 3.63) is 29.8 Å². The Balaban J connectivity index is 1.56. The molecule has 1 atom stereocenters. The highest BCUT2D eigenvalue weighted by Crippen LogP contribution is 2.27. The zero-order chi connectivity index (χ0) is 17.1. The van der Waals surface area contributed by atoms with Crippen molar-refractivity contribution in [1.82, 2.24) is 15.1 Å². The minimum absolute atomic E-state index is 0.0412. The van der Waals surface area contributed by atoms with E-state index in [2.05, 4.69) is 23.2 Å². The predicted octanol–water partition coefficient (Wildman–Crippen LogP) is 1.31. The van der Waals surface area contributed by atoms with Crippen molar-refractivity contribution in [1.29, 1.82) is 0 Å². The van der Waals surface area contributed by atoms with Gasteiger partial charge < -0.3 is 20.0 Å². The Labute approximate surface area is 143 Å². The maximum absolute atomic E-state index is 12.7. The summed E-state index contributed by atoms with van der Waals surface area (Å²) in [6.07, 6.45) is 0.877. The van der Waals surface area contributed by atoms with Gasteiger partial charge in [-0.25, -0.2) is 4.79 Å². The van der Waals surface area contributed by atoms with Crippen molar-refractivity contribution in [3.8, 4) is 0 Å². The highest BCUT2D eigenvalue weighted by atomic mass is 16.2. The monoisotopic (exact) mass is 330 g/mol. The third-order valence-electron chi connectivity index (χ3n) is 4.97. The number of nitrogens with zero attached hydrogens (tertiary/aromatic N) is 3. The molecular formula is C18H26N4O2. The van der Waals surface area contributed by atoms with Crippen LogP contribution < -0.4 is 10.2 Å². The minimum atomic E-state index is -0.520. The van der Waals surface area contributed by atoms with Gasteiger partial charge in [-0.2, -0.15) is 0 Å². The molecule has 0 spiro atoms. The first kappa shape index (κ1) is 16.8. The molecule has 3 rings (SSSR count). The van der Waals surface area contributed by atoms with E-state index in [0.29, 0.717) is 19.6 Å². The quantitative estimate of drug-likeness (QED) is 0.909. The molecule has 0 aromatic heterocycles. The Morgan fingerprint density at radius 2 is 1.83 bits per heavy atom. The van der Waals surface area contributed by atoms with Crippen LogP contribution in [0.4, 0.5) is 10.5 Å². The number of para-hydroxylation sites is 1. The molecule has 2 aliphatic rings. The highest BCUT2D eigenvalue weighted by Gasteiger charge is 2.30. The Bertz CT molecular complexity index is 611. The number of carbonyl (C=O) groups is 2. The number of anilines is 1. The van der Waals surface area contributed by atoms with Gasteiger partial charge >= 0.3 is 6.03 Å². The fourth-order valence-corrected chi connectivity index (χ4v) is 3.41. The van der Waals surface area contributed by atoms with Crippen molar-refractivity contribution in [2.24, 2.45) is 0 Å². The van der Waals surface area contributed by atoms with Gasteiger partial charge in [-0.3, -0.25) is 4.79 Å². The first-order valence-electron chi connectivity index (χ1n) is 8.77. The van der Waals surface area contributed by atoms with Crippen molar-refractivity contribution < 1.29 is 9.59 Å². The first-order chi connectivity index (χ1) is 11.6. The summed E-state index contributed by atoms with van der Waals surface area (Å²) >= 11 is 0. The van der Waals surface area contributed by atoms with Crippen LogP contribution >= 0.6 is 0 Å². The number of hydrogen-bond acceptors (Lipinski definition) is 3. The molecule has 0 saturated carbocycles. The molecule has 130 valence electrons. The zero-order valence-corrected chi connectivity index (χ0v) is 14.5. The largest absolute Gasteiger partial charge is 0.326 e. The average Bonchev–Trinajstić information content (AvgIpc) is 3.05. The van der Waals surface area contributed by atoms with Crippen LogP contribution in [-0.2, 0) is 11.2 Å². The smallest absolute Gasteiger partial charge is 0.318 e. The van der Waals surface area contributed by atoms with Gasteiger partial charge in [0.25, 0.3) is 0 Å². The summed E-state index contributed by atoms with van der Waals surface area (Å²) in [5.41, 5.74) is 2.17. The molecule has 0 radical (unpaired) electrons. The third-order valence-corrected chi connectivity index (χ3v) is 4.97. The van der Waals surface area contributed by atoms with E-state index in [0.717, 1.165) is 31.7 Å². The van der Waals surface area contributed by atoms with Crippen LogP contribution in [0.1, 0.15) is 19.4 Å². The average molecular weight is 330 g/mol. The molecule has 1 aromatic rings. The molecule has 6 nitrogen and oxygen atoms in total. The lowest BCUT2D eigenvalue weighted by molar-refractivity contribution is -0.120. The third kappa shape index (κ3) is 3.38. The van der Waals surface area contributed by atoms with E-state index in [9.17, 15) is 9.59 Å². The van der Waals surface area contributed by atoms with E-state index in [1.54, 1.807) is 16.7 Å². The van der Waals surface area contributed by atoms with Gasteiger partial charge in [0.2, 0.25) is 5.91 Å². The van der Waals surface area contributed by atoms with Gasteiger partial charge in [-0.1, -0.05) is 25.1 Å². The molecule has 0 aliphatic carbocycles. The van der Waals surface area contributed by atoms with E-state index in [-0.39, 0.29) is 11.9 Å². The Hall–Kier alpha value is -2.08. The number of benzene rings is 1. The SMILES string of the molecule is CCN1CCN(C(=O)NC(C)C(=O)N2CCc3ccccc32)CC1. The van der Waals surface area contributed by atoms with Crippen LogP contribution in [0.15, 0.2) is 24.3 Å². The van der Waals surface area contributed by atoms with Gasteiger partial charge in [-0.15, -0.1) is 0 Å². The lowest BCUT2D eigenvalue weighted by atomic mass is 10.2. The number of urea groups is 1. The van der Waals surface area contributed by atoms with Crippen molar-refractivity contribution >= 4 is 17.6 Å². The molecule has 0 bridgehead atoms. The number of piperazine rings is 1. The van der Waals surface area contributed by atoms with Crippen LogP contribution in [0.25, 0.3) is 0 Å². The van der Waals surface area contributed by atoms with Gasteiger partial charge in [0, 0.05) is 38.4 Å². The number of amides is 3. The summed E-state index contributed by atoms with van der Waals surface area (Å²) < 4.78 is 0. The van der Waals surface area contributed by atoms with Gasteiger partial charge in [0.15, 0.2) is 0 Å². The number of fused-ring (bicyclic) bond motifs is 1. The summed E-state index contributed by atoms with van der Waals surface area (Å²) in [6, 6.07) is 7.30. The van der Waals surface area contributed by atoms with E-state index < -0.39 is 6.04 Å². The van der Waals surface area contributed by atoms with Gasteiger partial charge in [0.05, 0.1) is 0 Å². The topological polar surface area (TPSA) is 55.9 Å². The maximum Gasteiger partial charge on any atom is 0.318 e. The number of nitrogens with one attached hydrogen (secondary N) is 1. The van der Waals surface area contributed by atoms with Crippen LogP contribution in [-0.4, -0.2) is 67.0 Å². The molecule has 6 heteroatoms. The zero-order valence-electron chi connectivity index (χ0n) is 14.5. The molecule has 1 N–H and O–H groups in total. The van der Waals surface area contributed by atoms with Crippen LogP contribution in [0.5, 0.6) is 0 Å². The highest BCUT2D eigenvalue weighted by molar-refractivity contribution is 6.00. The second kappa shape index (κ2) is 7.21. The molecule has 1 unspecified atom stereocenters. The van der Waals surface area contributed by atoms with E-state index >= 15 is 0 Å². The second-order valence-electron chi connectivity index (χ2n) is 6.46. The number of likely N-dealkylation sites (N-methyl/N-ethyl adjacent to an activating group) is 1. The van der Waals surface area contributed by atoms with Gasteiger partial charge in [-0.05, 0) is 31.5 Å². The van der Waals surface area contributed by atoms with Crippen molar-refractivity contribution in [2.45, 2.75) is 26.3 Å². The number of carbonyl (C=O) groups excluding carboxylic acids is 2. The Morgan fingerprint density at radius 1 is 1.12 bits per heavy atom. The normalized spacial score (nSPS) is 19.1.